The van der Waals surface area contributed by atoms with Crippen LogP contribution in [0.4, 0.5) is 0 Å². The van der Waals surface area contributed by atoms with Crippen LogP contribution in [-0.4, -0.2) is 42.6 Å². The molecule has 120 valence electrons. The van der Waals surface area contributed by atoms with Gasteiger partial charge < -0.3 is 15.4 Å². The standard InChI is InChI=1S/C17H23ClN2O2/c1-20-13-6-7-14(20)9-15(8-13)22-17(21)16(10-19)11-2-4-12(18)5-3-11/h2-5,13-16H,6-10,19H2,1H3. The number of esters is 1. The molecule has 0 amide bonds. The van der Waals surface area contributed by atoms with Crippen LogP contribution in [0.15, 0.2) is 24.3 Å². The van der Waals surface area contributed by atoms with Crippen molar-refractivity contribution in [2.75, 3.05) is 13.6 Å². The number of hydrogen-bond donors (Lipinski definition) is 1. The first kappa shape index (κ1) is 15.8. The summed E-state index contributed by atoms with van der Waals surface area (Å²) in [5.41, 5.74) is 6.66. The van der Waals surface area contributed by atoms with Gasteiger partial charge in [-0.2, -0.15) is 0 Å². The zero-order valence-corrected chi connectivity index (χ0v) is 13.6. The second kappa shape index (κ2) is 6.57. The van der Waals surface area contributed by atoms with E-state index >= 15 is 0 Å². The van der Waals surface area contributed by atoms with Crippen LogP contribution in [0.5, 0.6) is 0 Å². The first-order chi connectivity index (χ1) is 10.6. The van der Waals surface area contributed by atoms with Crippen molar-refractivity contribution in [1.82, 2.24) is 4.90 Å². The van der Waals surface area contributed by atoms with Gasteiger partial charge in [0.2, 0.25) is 0 Å². The Morgan fingerprint density at radius 3 is 2.45 bits per heavy atom. The number of ether oxygens (including phenoxy) is 1. The molecule has 2 aliphatic rings. The Balaban J connectivity index is 1.64. The lowest BCUT2D eigenvalue weighted by Crippen LogP contribution is -2.44. The third kappa shape index (κ3) is 3.14. The fourth-order valence-corrected chi connectivity index (χ4v) is 3.89. The number of nitrogens with zero attached hydrogens (tertiary/aromatic N) is 1. The van der Waals surface area contributed by atoms with Gasteiger partial charge in [-0.25, -0.2) is 0 Å². The van der Waals surface area contributed by atoms with E-state index < -0.39 is 5.92 Å². The smallest absolute Gasteiger partial charge is 0.314 e. The predicted octanol–water partition coefficient (Wildman–Crippen LogP) is 2.55. The molecule has 3 atom stereocenters. The number of halogens is 1. The lowest BCUT2D eigenvalue weighted by Gasteiger charge is -2.36. The molecule has 2 heterocycles. The van der Waals surface area contributed by atoms with Crippen molar-refractivity contribution in [2.24, 2.45) is 5.73 Å². The number of nitrogens with two attached hydrogens (primary N) is 1. The second-order valence-electron chi connectivity index (χ2n) is 6.42. The zero-order chi connectivity index (χ0) is 15.7. The highest BCUT2D eigenvalue weighted by Crippen LogP contribution is 2.36. The minimum absolute atomic E-state index is 0.0301. The van der Waals surface area contributed by atoms with Gasteiger partial charge in [0.1, 0.15) is 6.10 Å². The van der Waals surface area contributed by atoms with Crippen LogP contribution >= 0.6 is 11.6 Å². The Labute approximate surface area is 136 Å². The lowest BCUT2D eigenvalue weighted by molar-refractivity contribution is -0.154. The lowest BCUT2D eigenvalue weighted by atomic mass is 9.98. The highest BCUT2D eigenvalue weighted by atomic mass is 35.5. The molecule has 2 N–H and O–H groups in total. The summed E-state index contributed by atoms with van der Waals surface area (Å²) in [6.45, 7) is 0.250. The Kier molecular flexibility index (Phi) is 4.71. The van der Waals surface area contributed by atoms with E-state index in [1.807, 2.05) is 12.1 Å². The molecule has 2 bridgehead atoms. The van der Waals surface area contributed by atoms with Gasteiger partial charge in [0.25, 0.3) is 0 Å². The number of carbonyl (C=O) groups is 1. The molecule has 2 fully saturated rings. The van der Waals surface area contributed by atoms with E-state index in [0.717, 1.165) is 18.4 Å². The Hall–Kier alpha value is -1.10. The number of piperidine rings is 1. The molecule has 3 rings (SSSR count). The van der Waals surface area contributed by atoms with Crippen LogP contribution < -0.4 is 5.73 Å². The van der Waals surface area contributed by atoms with Gasteiger partial charge in [-0.05, 0) is 50.4 Å². The minimum atomic E-state index is -0.408. The van der Waals surface area contributed by atoms with Crippen LogP contribution in [0.2, 0.25) is 5.02 Å². The number of rotatable bonds is 4. The zero-order valence-electron chi connectivity index (χ0n) is 12.9. The summed E-state index contributed by atoms with van der Waals surface area (Å²) in [5.74, 6) is -0.617. The van der Waals surface area contributed by atoms with Crippen molar-refractivity contribution in [2.45, 2.75) is 49.8 Å². The number of hydrogen-bond acceptors (Lipinski definition) is 4. The van der Waals surface area contributed by atoms with Gasteiger partial charge in [-0.3, -0.25) is 4.79 Å². The topological polar surface area (TPSA) is 55.6 Å². The van der Waals surface area contributed by atoms with Crippen molar-refractivity contribution < 1.29 is 9.53 Å². The van der Waals surface area contributed by atoms with Gasteiger partial charge in [-0.1, -0.05) is 23.7 Å². The van der Waals surface area contributed by atoms with E-state index in [-0.39, 0.29) is 18.6 Å². The van der Waals surface area contributed by atoms with Crippen LogP contribution in [-0.2, 0) is 9.53 Å². The normalized spacial score (nSPS) is 29.3. The first-order valence-electron chi connectivity index (χ1n) is 7.96. The summed E-state index contributed by atoms with van der Waals surface area (Å²) in [6, 6.07) is 8.37. The monoisotopic (exact) mass is 322 g/mol. The molecule has 22 heavy (non-hydrogen) atoms. The minimum Gasteiger partial charge on any atom is -0.462 e. The van der Waals surface area contributed by atoms with Gasteiger partial charge in [0, 0.05) is 23.7 Å². The molecular weight excluding hydrogens is 300 g/mol. The highest BCUT2D eigenvalue weighted by molar-refractivity contribution is 6.30. The van der Waals surface area contributed by atoms with Gasteiger partial charge in [0.15, 0.2) is 0 Å². The Morgan fingerprint density at radius 1 is 1.32 bits per heavy atom. The average molecular weight is 323 g/mol. The average Bonchev–Trinajstić information content (AvgIpc) is 2.72. The Morgan fingerprint density at radius 2 is 1.91 bits per heavy atom. The summed E-state index contributed by atoms with van der Waals surface area (Å²) in [5, 5.41) is 0.653. The molecule has 4 nitrogen and oxygen atoms in total. The molecule has 1 aromatic rings. The summed E-state index contributed by atoms with van der Waals surface area (Å²) < 4.78 is 5.78. The maximum absolute atomic E-state index is 12.5. The maximum atomic E-state index is 12.5. The summed E-state index contributed by atoms with van der Waals surface area (Å²) >= 11 is 5.90. The summed E-state index contributed by atoms with van der Waals surface area (Å²) in [4.78, 5) is 14.9. The first-order valence-corrected chi connectivity index (χ1v) is 8.34. The molecular formula is C17H23ClN2O2. The third-order valence-corrected chi connectivity index (χ3v) is 5.38. The van der Waals surface area contributed by atoms with Crippen LogP contribution in [0.3, 0.4) is 0 Å². The van der Waals surface area contributed by atoms with Crippen molar-refractivity contribution in [3.8, 4) is 0 Å². The molecule has 3 unspecified atom stereocenters. The van der Waals surface area contributed by atoms with E-state index in [1.165, 1.54) is 12.8 Å². The number of carbonyl (C=O) groups excluding carboxylic acids is 1. The maximum Gasteiger partial charge on any atom is 0.314 e. The van der Waals surface area contributed by atoms with E-state index in [0.29, 0.717) is 17.1 Å². The van der Waals surface area contributed by atoms with Crippen molar-refractivity contribution >= 4 is 17.6 Å². The van der Waals surface area contributed by atoms with Gasteiger partial charge in [-0.15, -0.1) is 0 Å². The fourth-order valence-electron chi connectivity index (χ4n) is 3.77. The van der Waals surface area contributed by atoms with E-state index in [9.17, 15) is 4.79 Å². The fraction of sp³-hybridized carbons (Fsp3) is 0.588. The summed E-state index contributed by atoms with van der Waals surface area (Å²) in [6.07, 6.45) is 4.34. The van der Waals surface area contributed by atoms with Crippen LogP contribution in [0.25, 0.3) is 0 Å². The SMILES string of the molecule is CN1C2CCC1CC(OC(=O)C(CN)c1ccc(Cl)cc1)C2. The number of benzene rings is 1. The van der Waals surface area contributed by atoms with Crippen LogP contribution in [0.1, 0.15) is 37.2 Å². The molecule has 2 aliphatic heterocycles. The molecule has 2 saturated heterocycles. The quantitative estimate of drug-likeness (QED) is 0.866. The predicted molar refractivity (Wildman–Crippen MR) is 86.9 cm³/mol. The van der Waals surface area contributed by atoms with E-state index in [1.54, 1.807) is 12.1 Å². The Bertz CT molecular complexity index is 520. The third-order valence-electron chi connectivity index (χ3n) is 5.13. The molecule has 0 radical (unpaired) electrons. The number of fused-ring (bicyclic) bond motifs is 2. The highest BCUT2D eigenvalue weighted by Gasteiger charge is 2.40. The second-order valence-corrected chi connectivity index (χ2v) is 6.86. The van der Waals surface area contributed by atoms with Gasteiger partial charge >= 0.3 is 5.97 Å². The van der Waals surface area contributed by atoms with E-state index in [4.69, 9.17) is 22.1 Å². The molecule has 1 aromatic carbocycles. The molecule has 0 spiro atoms. The molecule has 5 heteroatoms. The largest absolute Gasteiger partial charge is 0.462 e. The summed E-state index contributed by atoms with van der Waals surface area (Å²) in [7, 11) is 2.18. The van der Waals surface area contributed by atoms with E-state index in [2.05, 4.69) is 11.9 Å². The van der Waals surface area contributed by atoms with Crippen LogP contribution in [0, 0.1) is 0 Å². The molecule has 0 aromatic heterocycles. The molecule has 0 aliphatic carbocycles. The molecule has 0 saturated carbocycles. The van der Waals surface area contributed by atoms with Crippen molar-refractivity contribution in [1.29, 1.82) is 0 Å². The van der Waals surface area contributed by atoms with Crippen molar-refractivity contribution in [3.05, 3.63) is 34.9 Å². The van der Waals surface area contributed by atoms with Crippen molar-refractivity contribution in [3.63, 3.8) is 0 Å². The van der Waals surface area contributed by atoms with Gasteiger partial charge in [0.05, 0.1) is 5.92 Å².